The number of hydrogen-bond acceptors (Lipinski definition) is 4. The average Bonchev–Trinajstić information content (AvgIpc) is 2.36. The number of nitriles is 1. The summed E-state index contributed by atoms with van der Waals surface area (Å²) in [6, 6.07) is 7.84. The Kier molecular flexibility index (Phi) is 3.72. The van der Waals surface area contributed by atoms with Crippen LogP contribution in [0.2, 0.25) is 0 Å². The van der Waals surface area contributed by atoms with Gasteiger partial charge in [-0.25, -0.2) is 0 Å². The lowest BCUT2D eigenvalue weighted by molar-refractivity contribution is -0.122. The second-order valence-corrected chi connectivity index (χ2v) is 4.85. The maximum atomic E-state index is 11.6. The SMILES string of the molecule is CC1Oc2ccc(C(CC#N)N(C)C)cc2NC1=O. The van der Waals surface area contributed by atoms with Crippen LogP contribution in [0.5, 0.6) is 5.75 Å². The zero-order valence-corrected chi connectivity index (χ0v) is 11.3. The minimum Gasteiger partial charge on any atom is -0.479 e. The Morgan fingerprint density at radius 3 is 2.89 bits per heavy atom. The average molecular weight is 259 g/mol. The fourth-order valence-corrected chi connectivity index (χ4v) is 2.12. The molecule has 5 heteroatoms. The van der Waals surface area contributed by atoms with Gasteiger partial charge in [-0.15, -0.1) is 0 Å². The van der Waals surface area contributed by atoms with Gasteiger partial charge in [0.25, 0.3) is 5.91 Å². The highest BCUT2D eigenvalue weighted by molar-refractivity contribution is 5.97. The van der Waals surface area contributed by atoms with Crippen molar-refractivity contribution in [3.8, 4) is 11.8 Å². The first kappa shape index (κ1) is 13.4. The Morgan fingerprint density at radius 2 is 2.26 bits per heavy atom. The van der Waals surface area contributed by atoms with Crippen molar-refractivity contribution in [3.63, 3.8) is 0 Å². The fraction of sp³-hybridized carbons (Fsp3) is 0.429. The first-order valence-corrected chi connectivity index (χ1v) is 6.17. The molecule has 1 amide bonds. The Bertz CT molecular complexity index is 534. The normalized spacial score (nSPS) is 19.1. The van der Waals surface area contributed by atoms with Crippen LogP contribution in [0.4, 0.5) is 5.69 Å². The van der Waals surface area contributed by atoms with E-state index in [2.05, 4.69) is 11.4 Å². The number of anilines is 1. The summed E-state index contributed by atoms with van der Waals surface area (Å²) in [5, 5.41) is 11.7. The van der Waals surface area contributed by atoms with Crippen LogP contribution in [0.1, 0.15) is 24.9 Å². The van der Waals surface area contributed by atoms with Gasteiger partial charge in [0.2, 0.25) is 0 Å². The number of amides is 1. The molecule has 0 spiro atoms. The lowest BCUT2D eigenvalue weighted by Crippen LogP contribution is -2.34. The number of carbonyl (C=O) groups excluding carboxylic acids is 1. The smallest absolute Gasteiger partial charge is 0.265 e. The molecule has 0 bridgehead atoms. The van der Waals surface area contributed by atoms with Crippen LogP contribution in [-0.4, -0.2) is 31.0 Å². The molecule has 0 saturated carbocycles. The number of carbonyl (C=O) groups is 1. The molecule has 5 nitrogen and oxygen atoms in total. The minimum absolute atomic E-state index is 0.00607. The molecule has 100 valence electrons. The second kappa shape index (κ2) is 5.29. The highest BCUT2D eigenvalue weighted by Crippen LogP contribution is 2.33. The zero-order chi connectivity index (χ0) is 14.0. The van der Waals surface area contributed by atoms with E-state index in [0.717, 1.165) is 5.56 Å². The van der Waals surface area contributed by atoms with Gasteiger partial charge in [0.15, 0.2) is 6.10 Å². The van der Waals surface area contributed by atoms with Crippen molar-refractivity contribution in [2.75, 3.05) is 19.4 Å². The van der Waals surface area contributed by atoms with E-state index in [1.54, 1.807) is 6.92 Å². The molecule has 0 saturated heterocycles. The van der Waals surface area contributed by atoms with Crippen molar-refractivity contribution in [3.05, 3.63) is 23.8 Å². The van der Waals surface area contributed by atoms with E-state index in [4.69, 9.17) is 10.00 Å². The summed E-state index contributed by atoms with van der Waals surface area (Å²) >= 11 is 0. The summed E-state index contributed by atoms with van der Waals surface area (Å²) in [4.78, 5) is 13.6. The maximum absolute atomic E-state index is 11.6. The van der Waals surface area contributed by atoms with Crippen LogP contribution in [0.3, 0.4) is 0 Å². The molecule has 0 aliphatic carbocycles. The number of ether oxygens (including phenoxy) is 1. The molecule has 1 aromatic carbocycles. The van der Waals surface area contributed by atoms with Crippen molar-refractivity contribution in [2.24, 2.45) is 0 Å². The topological polar surface area (TPSA) is 65.4 Å². The Hall–Kier alpha value is -2.06. The molecule has 0 fully saturated rings. The predicted octanol–water partition coefficient (Wildman–Crippen LogP) is 1.92. The summed E-state index contributed by atoms with van der Waals surface area (Å²) in [7, 11) is 3.86. The molecule has 0 radical (unpaired) electrons. The van der Waals surface area contributed by atoms with Crippen LogP contribution in [0.15, 0.2) is 18.2 Å². The third kappa shape index (κ3) is 2.69. The van der Waals surface area contributed by atoms with Gasteiger partial charge in [-0.05, 0) is 38.7 Å². The third-order valence-electron chi connectivity index (χ3n) is 3.23. The van der Waals surface area contributed by atoms with Crippen LogP contribution < -0.4 is 10.1 Å². The lowest BCUT2D eigenvalue weighted by Gasteiger charge is -2.27. The predicted molar refractivity (Wildman–Crippen MR) is 71.8 cm³/mol. The Labute approximate surface area is 112 Å². The standard InChI is InChI=1S/C14H17N3O2/c1-9-14(18)16-11-8-10(4-5-13(11)19-9)12(6-7-15)17(2)3/h4-5,8-9,12H,6H2,1-3H3,(H,16,18). The lowest BCUT2D eigenvalue weighted by atomic mass is 10.0. The monoisotopic (exact) mass is 259 g/mol. The Balaban J connectivity index is 2.33. The zero-order valence-electron chi connectivity index (χ0n) is 11.3. The summed E-state index contributed by atoms with van der Waals surface area (Å²) in [6.45, 7) is 1.71. The van der Waals surface area contributed by atoms with E-state index in [1.807, 2.05) is 37.2 Å². The molecule has 2 atom stereocenters. The highest BCUT2D eigenvalue weighted by atomic mass is 16.5. The van der Waals surface area contributed by atoms with Gasteiger partial charge in [-0.2, -0.15) is 5.26 Å². The molecule has 0 aromatic heterocycles. The molecule has 1 N–H and O–H groups in total. The van der Waals surface area contributed by atoms with E-state index in [-0.39, 0.29) is 11.9 Å². The first-order chi connectivity index (χ1) is 9.02. The number of nitrogens with one attached hydrogen (secondary N) is 1. The van der Waals surface area contributed by atoms with E-state index in [1.165, 1.54) is 0 Å². The Morgan fingerprint density at radius 1 is 1.53 bits per heavy atom. The molecular formula is C14H17N3O2. The van der Waals surface area contributed by atoms with Gasteiger partial charge in [0.1, 0.15) is 5.75 Å². The van der Waals surface area contributed by atoms with Crippen LogP contribution in [0.25, 0.3) is 0 Å². The first-order valence-electron chi connectivity index (χ1n) is 6.17. The van der Waals surface area contributed by atoms with Gasteiger partial charge in [-0.1, -0.05) is 6.07 Å². The molecule has 1 heterocycles. The van der Waals surface area contributed by atoms with Gasteiger partial charge in [-0.3, -0.25) is 4.79 Å². The number of nitrogens with zero attached hydrogens (tertiary/aromatic N) is 2. The molecule has 19 heavy (non-hydrogen) atoms. The maximum Gasteiger partial charge on any atom is 0.265 e. The van der Waals surface area contributed by atoms with E-state index in [9.17, 15) is 4.79 Å². The van der Waals surface area contributed by atoms with Gasteiger partial charge in [0.05, 0.1) is 18.2 Å². The molecule has 1 aromatic rings. The van der Waals surface area contributed by atoms with Crippen molar-refractivity contribution in [1.29, 1.82) is 5.26 Å². The van der Waals surface area contributed by atoms with Crippen molar-refractivity contribution >= 4 is 11.6 Å². The van der Waals surface area contributed by atoms with Gasteiger partial charge < -0.3 is 15.0 Å². The number of benzene rings is 1. The van der Waals surface area contributed by atoms with Crippen molar-refractivity contribution in [2.45, 2.75) is 25.5 Å². The van der Waals surface area contributed by atoms with Crippen LogP contribution in [-0.2, 0) is 4.79 Å². The molecule has 1 aliphatic rings. The minimum atomic E-state index is -0.470. The number of hydrogen-bond donors (Lipinski definition) is 1. The van der Waals surface area contributed by atoms with Gasteiger partial charge in [0, 0.05) is 6.04 Å². The van der Waals surface area contributed by atoms with Crippen LogP contribution >= 0.6 is 0 Å². The fourth-order valence-electron chi connectivity index (χ4n) is 2.12. The third-order valence-corrected chi connectivity index (χ3v) is 3.23. The summed E-state index contributed by atoms with van der Waals surface area (Å²) < 4.78 is 5.51. The summed E-state index contributed by atoms with van der Waals surface area (Å²) in [5.74, 6) is 0.525. The largest absolute Gasteiger partial charge is 0.479 e. The van der Waals surface area contributed by atoms with E-state index < -0.39 is 6.10 Å². The highest BCUT2D eigenvalue weighted by Gasteiger charge is 2.24. The van der Waals surface area contributed by atoms with E-state index >= 15 is 0 Å². The van der Waals surface area contributed by atoms with E-state index in [0.29, 0.717) is 17.9 Å². The number of rotatable bonds is 3. The molecule has 2 rings (SSSR count). The quantitative estimate of drug-likeness (QED) is 0.900. The van der Waals surface area contributed by atoms with Crippen molar-refractivity contribution in [1.82, 2.24) is 4.90 Å². The van der Waals surface area contributed by atoms with Crippen molar-refractivity contribution < 1.29 is 9.53 Å². The van der Waals surface area contributed by atoms with Crippen LogP contribution in [0, 0.1) is 11.3 Å². The summed E-state index contributed by atoms with van der Waals surface area (Å²) in [6.07, 6.45) is -0.0705. The number of fused-ring (bicyclic) bond motifs is 1. The molecule has 2 unspecified atom stereocenters. The molecule has 1 aliphatic heterocycles. The summed E-state index contributed by atoms with van der Waals surface area (Å²) in [5.41, 5.74) is 1.66. The second-order valence-electron chi connectivity index (χ2n) is 4.85. The molecular weight excluding hydrogens is 242 g/mol. The van der Waals surface area contributed by atoms with Gasteiger partial charge >= 0.3 is 0 Å².